The molecule has 3 nitrogen and oxygen atoms in total. The Morgan fingerprint density at radius 1 is 1.50 bits per heavy atom. The summed E-state index contributed by atoms with van der Waals surface area (Å²) in [7, 11) is 0. The van der Waals surface area contributed by atoms with Gasteiger partial charge in [0.05, 0.1) is 4.47 Å². The molecule has 1 fully saturated rings. The molecular formula is C10H11BrO3. The van der Waals surface area contributed by atoms with E-state index in [9.17, 15) is 4.79 Å². The van der Waals surface area contributed by atoms with Crippen molar-refractivity contribution in [3.05, 3.63) is 22.1 Å². The maximum absolute atomic E-state index is 10.7. The van der Waals surface area contributed by atoms with Gasteiger partial charge in [-0.15, -0.1) is 0 Å². The Labute approximate surface area is 90.2 Å². The van der Waals surface area contributed by atoms with Crippen LogP contribution in [-0.2, 0) is 0 Å². The third-order valence-electron chi connectivity index (χ3n) is 2.65. The zero-order valence-corrected chi connectivity index (χ0v) is 9.21. The Morgan fingerprint density at radius 3 is 2.64 bits per heavy atom. The minimum atomic E-state index is -1.00. The van der Waals surface area contributed by atoms with Gasteiger partial charge in [-0.2, -0.15) is 0 Å². The van der Waals surface area contributed by atoms with E-state index < -0.39 is 5.97 Å². The van der Waals surface area contributed by atoms with Crippen molar-refractivity contribution in [1.29, 1.82) is 0 Å². The van der Waals surface area contributed by atoms with Crippen molar-refractivity contribution in [2.24, 2.45) is 0 Å². The van der Waals surface area contributed by atoms with Crippen LogP contribution >= 0.6 is 15.9 Å². The van der Waals surface area contributed by atoms with E-state index >= 15 is 0 Å². The molecule has 2 rings (SSSR count). The van der Waals surface area contributed by atoms with Crippen LogP contribution < -0.4 is 0 Å². The Bertz CT molecular complexity index is 350. The first-order chi connectivity index (χ1) is 6.68. The highest BCUT2D eigenvalue weighted by molar-refractivity contribution is 9.10. The number of carbonyl (C=O) groups is 1. The standard InChI is InChI=1S/C10H11BrO3/c11-7-5-8(10(12)13)14-9(7)6-3-1-2-4-6/h5-6H,1-4H2,(H,12,13). The molecule has 1 N–H and O–H groups in total. The molecule has 1 saturated carbocycles. The van der Waals surface area contributed by atoms with Crippen molar-refractivity contribution in [2.75, 3.05) is 0 Å². The van der Waals surface area contributed by atoms with Crippen LogP contribution in [0.5, 0.6) is 0 Å². The van der Waals surface area contributed by atoms with Crippen molar-refractivity contribution in [2.45, 2.75) is 31.6 Å². The lowest BCUT2D eigenvalue weighted by Gasteiger charge is -2.04. The summed E-state index contributed by atoms with van der Waals surface area (Å²) in [5.41, 5.74) is 0. The lowest BCUT2D eigenvalue weighted by atomic mass is 10.1. The number of rotatable bonds is 2. The zero-order valence-electron chi connectivity index (χ0n) is 7.62. The van der Waals surface area contributed by atoms with Crippen LogP contribution in [0.2, 0.25) is 0 Å². The molecule has 4 heteroatoms. The fourth-order valence-corrected chi connectivity index (χ4v) is 2.57. The number of hydrogen-bond acceptors (Lipinski definition) is 2. The van der Waals surface area contributed by atoms with Crippen LogP contribution in [0.1, 0.15) is 47.9 Å². The van der Waals surface area contributed by atoms with Crippen molar-refractivity contribution >= 4 is 21.9 Å². The van der Waals surface area contributed by atoms with Gasteiger partial charge >= 0.3 is 5.97 Å². The molecular weight excluding hydrogens is 248 g/mol. The van der Waals surface area contributed by atoms with Gasteiger partial charge in [0.2, 0.25) is 5.76 Å². The molecule has 0 bridgehead atoms. The van der Waals surface area contributed by atoms with Crippen molar-refractivity contribution in [3.8, 4) is 0 Å². The number of hydrogen-bond donors (Lipinski definition) is 1. The first kappa shape index (κ1) is 9.77. The summed E-state index contributed by atoms with van der Waals surface area (Å²) >= 11 is 3.34. The summed E-state index contributed by atoms with van der Waals surface area (Å²) < 4.78 is 6.11. The normalized spacial score (nSPS) is 17.5. The van der Waals surface area contributed by atoms with Gasteiger partial charge < -0.3 is 9.52 Å². The molecule has 0 atom stereocenters. The number of aromatic carboxylic acids is 1. The van der Waals surface area contributed by atoms with E-state index in [0.717, 1.165) is 23.1 Å². The molecule has 76 valence electrons. The highest BCUT2D eigenvalue weighted by Gasteiger charge is 2.24. The van der Waals surface area contributed by atoms with E-state index in [1.807, 2.05) is 0 Å². The van der Waals surface area contributed by atoms with Crippen LogP contribution in [0.15, 0.2) is 15.0 Å². The number of halogens is 1. The molecule has 1 aliphatic carbocycles. The van der Waals surface area contributed by atoms with E-state index in [0.29, 0.717) is 5.92 Å². The summed E-state index contributed by atoms with van der Waals surface area (Å²) in [6.07, 6.45) is 4.62. The van der Waals surface area contributed by atoms with Gasteiger partial charge in [-0.3, -0.25) is 0 Å². The second kappa shape index (κ2) is 3.77. The quantitative estimate of drug-likeness (QED) is 0.885. The second-order valence-corrected chi connectivity index (χ2v) is 4.46. The van der Waals surface area contributed by atoms with Gasteiger partial charge in [-0.05, 0) is 28.8 Å². The number of furan rings is 1. The molecule has 1 heterocycles. The molecule has 1 aromatic heterocycles. The van der Waals surface area contributed by atoms with E-state index in [2.05, 4.69) is 15.9 Å². The van der Waals surface area contributed by atoms with Gasteiger partial charge in [-0.25, -0.2) is 4.79 Å². The molecule has 1 aliphatic rings. The minimum Gasteiger partial charge on any atom is -0.475 e. The SMILES string of the molecule is O=C(O)c1cc(Br)c(C2CCCC2)o1. The summed E-state index contributed by atoms with van der Waals surface area (Å²) in [5.74, 6) is 0.228. The zero-order chi connectivity index (χ0) is 10.1. The molecule has 0 saturated heterocycles. The van der Waals surface area contributed by atoms with Gasteiger partial charge in [0, 0.05) is 12.0 Å². The highest BCUT2D eigenvalue weighted by atomic mass is 79.9. The third kappa shape index (κ3) is 1.71. The van der Waals surface area contributed by atoms with Gasteiger partial charge in [0.15, 0.2) is 0 Å². The Balaban J connectivity index is 2.28. The van der Waals surface area contributed by atoms with Gasteiger partial charge in [0.1, 0.15) is 5.76 Å². The minimum absolute atomic E-state index is 0.0266. The van der Waals surface area contributed by atoms with Crippen molar-refractivity contribution < 1.29 is 14.3 Å². The average Bonchev–Trinajstić information content (AvgIpc) is 2.71. The predicted molar refractivity (Wildman–Crippen MR) is 54.6 cm³/mol. The molecule has 1 aromatic rings. The highest BCUT2D eigenvalue weighted by Crippen LogP contribution is 2.39. The predicted octanol–water partition coefficient (Wildman–Crippen LogP) is 3.40. The van der Waals surface area contributed by atoms with E-state index in [1.54, 1.807) is 0 Å². The molecule has 0 radical (unpaired) electrons. The Morgan fingerprint density at radius 2 is 2.14 bits per heavy atom. The van der Waals surface area contributed by atoms with E-state index in [4.69, 9.17) is 9.52 Å². The summed E-state index contributed by atoms with van der Waals surface area (Å²) in [4.78, 5) is 10.7. The van der Waals surface area contributed by atoms with Crippen LogP contribution in [0.3, 0.4) is 0 Å². The molecule has 14 heavy (non-hydrogen) atoms. The molecule has 0 amide bonds. The van der Waals surface area contributed by atoms with Crippen LogP contribution in [0.25, 0.3) is 0 Å². The van der Waals surface area contributed by atoms with Crippen molar-refractivity contribution in [1.82, 2.24) is 0 Å². The van der Waals surface area contributed by atoms with Crippen molar-refractivity contribution in [3.63, 3.8) is 0 Å². The summed E-state index contributed by atoms with van der Waals surface area (Å²) in [5, 5.41) is 8.75. The van der Waals surface area contributed by atoms with Crippen LogP contribution in [0.4, 0.5) is 0 Å². The van der Waals surface area contributed by atoms with E-state index in [-0.39, 0.29) is 5.76 Å². The number of carboxylic acid groups (broad SMARTS) is 1. The van der Waals surface area contributed by atoms with Crippen LogP contribution in [-0.4, -0.2) is 11.1 Å². The first-order valence-electron chi connectivity index (χ1n) is 4.71. The average molecular weight is 259 g/mol. The van der Waals surface area contributed by atoms with E-state index in [1.165, 1.54) is 18.9 Å². The maximum Gasteiger partial charge on any atom is 0.371 e. The number of carboxylic acids is 1. The molecule has 0 aromatic carbocycles. The first-order valence-corrected chi connectivity index (χ1v) is 5.50. The largest absolute Gasteiger partial charge is 0.475 e. The fraction of sp³-hybridized carbons (Fsp3) is 0.500. The Kier molecular flexibility index (Phi) is 2.63. The molecule has 0 unspecified atom stereocenters. The van der Waals surface area contributed by atoms with Gasteiger partial charge in [-0.1, -0.05) is 12.8 Å². The topological polar surface area (TPSA) is 50.4 Å². The lowest BCUT2D eigenvalue weighted by Crippen LogP contribution is -1.93. The summed E-state index contributed by atoms with van der Waals surface area (Å²) in [6, 6.07) is 1.54. The van der Waals surface area contributed by atoms with Gasteiger partial charge in [0.25, 0.3) is 0 Å². The Hall–Kier alpha value is -0.770. The molecule has 0 spiro atoms. The second-order valence-electron chi connectivity index (χ2n) is 3.61. The monoisotopic (exact) mass is 258 g/mol. The third-order valence-corrected chi connectivity index (χ3v) is 3.27. The lowest BCUT2D eigenvalue weighted by molar-refractivity contribution is 0.0659. The molecule has 0 aliphatic heterocycles. The fourth-order valence-electron chi connectivity index (χ4n) is 1.95. The smallest absolute Gasteiger partial charge is 0.371 e. The van der Waals surface area contributed by atoms with Crippen LogP contribution in [0, 0.1) is 0 Å². The summed E-state index contributed by atoms with van der Waals surface area (Å²) in [6.45, 7) is 0. The maximum atomic E-state index is 10.7.